The zero-order chi connectivity index (χ0) is 13.5. The van der Waals surface area contributed by atoms with Crippen LogP contribution in [0.1, 0.15) is 30.7 Å². The van der Waals surface area contributed by atoms with Crippen LogP contribution in [0.5, 0.6) is 0 Å². The summed E-state index contributed by atoms with van der Waals surface area (Å²) >= 11 is 0. The maximum atomic E-state index is 4.07. The van der Waals surface area contributed by atoms with Crippen molar-refractivity contribution >= 4 is 0 Å². The second-order valence-electron chi connectivity index (χ2n) is 4.96. The van der Waals surface area contributed by atoms with E-state index in [0.29, 0.717) is 5.92 Å². The van der Waals surface area contributed by atoms with Crippen LogP contribution < -0.4 is 5.32 Å². The predicted octanol–water partition coefficient (Wildman–Crippen LogP) is 2.14. The van der Waals surface area contributed by atoms with Crippen molar-refractivity contribution in [2.75, 3.05) is 13.1 Å². The van der Waals surface area contributed by atoms with E-state index in [1.165, 1.54) is 5.56 Å². The zero-order valence-corrected chi connectivity index (χ0v) is 11.7. The lowest BCUT2D eigenvalue weighted by Gasteiger charge is -2.12. The highest BCUT2D eigenvalue weighted by Crippen LogP contribution is 2.17. The Hall–Kier alpha value is -1.68. The number of benzene rings is 1. The van der Waals surface area contributed by atoms with E-state index < -0.39 is 0 Å². The lowest BCUT2D eigenvalue weighted by molar-refractivity contribution is 0.585. The fourth-order valence-electron chi connectivity index (χ4n) is 2.13. The minimum Gasteiger partial charge on any atom is -0.321 e. The van der Waals surface area contributed by atoms with Gasteiger partial charge in [0.05, 0.1) is 0 Å². The predicted molar refractivity (Wildman–Crippen MR) is 77.1 cm³/mol. The van der Waals surface area contributed by atoms with Crippen molar-refractivity contribution in [2.24, 2.45) is 7.05 Å². The van der Waals surface area contributed by atoms with E-state index in [-0.39, 0.29) is 0 Å². The van der Waals surface area contributed by atoms with Crippen molar-refractivity contribution in [3.8, 4) is 0 Å². The Kier molecular flexibility index (Phi) is 5.10. The molecule has 0 bridgehead atoms. The van der Waals surface area contributed by atoms with Crippen molar-refractivity contribution in [3.05, 3.63) is 48.0 Å². The lowest BCUT2D eigenvalue weighted by Crippen LogP contribution is -2.21. The normalized spacial score (nSPS) is 12.5. The molecular formula is C15H22N4. The van der Waals surface area contributed by atoms with Crippen LogP contribution >= 0.6 is 0 Å². The van der Waals surface area contributed by atoms with Gasteiger partial charge in [-0.2, -0.15) is 0 Å². The first-order valence-electron chi connectivity index (χ1n) is 6.86. The van der Waals surface area contributed by atoms with Crippen LogP contribution in [-0.2, 0) is 13.5 Å². The van der Waals surface area contributed by atoms with Gasteiger partial charge >= 0.3 is 0 Å². The Balaban J connectivity index is 1.63. The summed E-state index contributed by atoms with van der Waals surface area (Å²) in [4.78, 5) is 0. The van der Waals surface area contributed by atoms with Gasteiger partial charge in [-0.1, -0.05) is 37.3 Å². The summed E-state index contributed by atoms with van der Waals surface area (Å²) in [7, 11) is 1.98. The van der Waals surface area contributed by atoms with Gasteiger partial charge in [-0.15, -0.1) is 10.2 Å². The first-order chi connectivity index (χ1) is 9.27. The van der Waals surface area contributed by atoms with E-state index in [2.05, 4.69) is 52.8 Å². The van der Waals surface area contributed by atoms with Crippen LogP contribution in [-0.4, -0.2) is 27.9 Å². The third-order valence-electron chi connectivity index (χ3n) is 3.45. The average molecular weight is 258 g/mol. The Bertz CT molecular complexity index is 478. The summed E-state index contributed by atoms with van der Waals surface area (Å²) in [5.41, 5.74) is 1.41. The standard InChI is InChI=1S/C15H22N4/c1-13(14-6-4-3-5-7-14)8-10-16-11-9-15-18-17-12-19(15)2/h3-7,12-13,16H,8-11H2,1-2H3. The topological polar surface area (TPSA) is 42.7 Å². The van der Waals surface area contributed by atoms with E-state index in [1.54, 1.807) is 6.33 Å². The number of hydrogen-bond donors (Lipinski definition) is 1. The molecule has 0 spiro atoms. The fraction of sp³-hybridized carbons (Fsp3) is 0.467. The molecule has 0 fully saturated rings. The highest BCUT2D eigenvalue weighted by Gasteiger charge is 2.04. The van der Waals surface area contributed by atoms with Gasteiger partial charge in [0, 0.05) is 20.0 Å². The van der Waals surface area contributed by atoms with E-state index in [9.17, 15) is 0 Å². The van der Waals surface area contributed by atoms with E-state index in [1.807, 2.05) is 11.6 Å². The number of hydrogen-bond acceptors (Lipinski definition) is 3. The molecule has 1 N–H and O–H groups in total. The number of aromatic nitrogens is 3. The molecule has 0 aliphatic rings. The molecule has 1 atom stereocenters. The summed E-state index contributed by atoms with van der Waals surface area (Å²) in [5.74, 6) is 1.63. The highest BCUT2D eigenvalue weighted by atomic mass is 15.2. The first kappa shape index (κ1) is 13.7. The molecule has 0 amide bonds. The first-order valence-corrected chi connectivity index (χ1v) is 6.86. The van der Waals surface area contributed by atoms with Crippen molar-refractivity contribution in [1.82, 2.24) is 20.1 Å². The molecule has 1 heterocycles. The molecule has 102 valence electrons. The van der Waals surface area contributed by atoms with Crippen LogP contribution in [0, 0.1) is 0 Å². The monoisotopic (exact) mass is 258 g/mol. The Labute approximate surface area is 114 Å². The molecule has 0 aliphatic heterocycles. The Morgan fingerprint density at radius 1 is 1.21 bits per heavy atom. The quantitative estimate of drug-likeness (QED) is 0.774. The number of nitrogens with one attached hydrogen (secondary N) is 1. The molecule has 1 unspecified atom stereocenters. The summed E-state index contributed by atoms with van der Waals surface area (Å²) < 4.78 is 1.97. The lowest BCUT2D eigenvalue weighted by atomic mass is 9.98. The summed E-state index contributed by atoms with van der Waals surface area (Å²) in [6, 6.07) is 10.7. The Morgan fingerprint density at radius 2 is 2.00 bits per heavy atom. The molecule has 2 rings (SSSR count). The molecule has 1 aromatic heterocycles. The van der Waals surface area contributed by atoms with Gasteiger partial charge in [0.1, 0.15) is 12.2 Å². The molecule has 0 aliphatic carbocycles. The third kappa shape index (κ3) is 4.17. The number of aryl methyl sites for hydroxylation is 1. The molecule has 4 heteroatoms. The van der Waals surface area contributed by atoms with Crippen molar-refractivity contribution < 1.29 is 0 Å². The second-order valence-corrected chi connectivity index (χ2v) is 4.96. The van der Waals surface area contributed by atoms with Gasteiger partial charge in [0.25, 0.3) is 0 Å². The van der Waals surface area contributed by atoms with Crippen molar-refractivity contribution in [1.29, 1.82) is 0 Å². The molecule has 1 aromatic carbocycles. The van der Waals surface area contributed by atoms with Gasteiger partial charge in [-0.05, 0) is 24.4 Å². The maximum Gasteiger partial charge on any atom is 0.133 e. The molecule has 2 aromatic rings. The minimum atomic E-state index is 0.600. The van der Waals surface area contributed by atoms with Crippen molar-refractivity contribution in [3.63, 3.8) is 0 Å². The minimum absolute atomic E-state index is 0.600. The number of rotatable bonds is 7. The van der Waals surface area contributed by atoms with Crippen LogP contribution in [0.25, 0.3) is 0 Å². The van der Waals surface area contributed by atoms with E-state index in [4.69, 9.17) is 0 Å². The SMILES string of the molecule is CC(CCNCCc1nncn1C)c1ccccc1. The van der Waals surface area contributed by atoms with Crippen LogP contribution in [0.2, 0.25) is 0 Å². The van der Waals surface area contributed by atoms with Gasteiger partial charge in [0.2, 0.25) is 0 Å². The molecular weight excluding hydrogens is 236 g/mol. The van der Waals surface area contributed by atoms with Crippen LogP contribution in [0.3, 0.4) is 0 Å². The largest absolute Gasteiger partial charge is 0.321 e. The molecule has 0 saturated heterocycles. The Morgan fingerprint density at radius 3 is 2.68 bits per heavy atom. The maximum absolute atomic E-state index is 4.07. The van der Waals surface area contributed by atoms with Gasteiger partial charge in [-0.25, -0.2) is 0 Å². The molecule has 0 radical (unpaired) electrons. The van der Waals surface area contributed by atoms with Gasteiger partial charge in [-0.3, -0.25) is 0 Å². The molecule has 4 nitrogen and oxygen atoms in total. The van der Waals surface area contributed by atoms with E-state index in [0.717, 1.165) is 31.8 Å². The van der Waals surface area contributed by atoms with Gasteiger partial charge < -0.3 is 9.88 Å². The summed E-state index contributed by atoms with van der Waals surface area (Å²) in [6.45, 7) is 4.27. The zero-order valence-electron chi connectivity index (χ0n) is 11.7. The number of nitrogens with zero attached hydrogens (tertiary/aromatic N) is 3. The summed E-state index contributed by atoms with van der Waals surface area (Å²) in [5, 5.41) is 11.4. The summed E-state index contributed by atoms with van der Waals surface area (Å²) in [6.07, 6.45) is 3.83. The highest BCUT2D eigenvalue weighted by molar-refractivity contribution is 5.18. The van der Waals surface area contributed by atoms with E-state index >= 15 is 0 Å². The fourth-order valence-corrected chi connectivity index (χ4v) is 2.13. The molecule has 19 heavy (non-hydrogen) atoms. The van der Waals surface area contributed by atoms with Crippen LogP contribution in [0.4, 0.5) is 0 Å². The second kappa shape index (κ2) is 7.04. The van der Waals surface area contributed by atoms with Crippen LogP contribution in [0.15, 0.2) is 36.7 Å². The smallest absolute Gasteiger partial charge is 0.133 e. The van der Waals surface area contributed by atoms with Gasteiger partial charge in [0.15, 0.2) is 0 Å². The van der Waals surface area contributed by atoms with Crippen molar-refractivity contribution in [2.45, 2.75) is 25.7 Å². The third-order valence-corrected chi connectivity index (χ3v) is 3.45. The average Bonchev–Trinajstić information content (AvgIpc) is 2.85. The molecule has 0 saturated carbocycles.